The molecule has 0 spiro atoms. The first-order valence-electron chi connectivity index (χ1n) is 8.64. The van der Waals surface area contributed by atoms with Gasteiger partial charge in [0.2, 0.25) is 5.91 Å². The average molecular weight is 369 g/mol. The molecule has 142 valence electrons. The van der Waals surface area contributed by atoms with Crippen LogP contribution in [0.5, 0.6) is 11.5 Å². The summed E-state index contributed by atoms with van der Waals surface area (Å²) in [5.74, 6) is 0.508. The zero-order chi connectivity index (χ0) is 19.6. The Bertz CT molecular complexity index is 829. The number of ether oxygens (including phenoxy) is 3. The number of methoxy groups -OCH3 is 1. The molecule has 0 bridgehead atoms. The molecule has 6 heteroatoms. The van der Waals surface area contributed by atoms with Crippen LogP contribution in [0.3, 0.4) is 0 Å². The highest BCUT2D eigenvalue weighted by molar-refractivity contribution is 6.02. The number of esters is 1. The molecule has 0 atom stereocenters. The average Bonchev–Trinajstić information content (AvgIpc) is 2.67. The predicted octanol–water partition coefficient (Wildman–Crippen LogP) is 3.92. The van der Waals surface area contributed by atoms with Crippen LogP contribution in [0.2, 0.25) is 0 Å². The summed E-state index contributed by atoms with van der Waals surface area (Å²) in [7, 11) is 1.56. The lowest BCUT2D eigenvalue weighted by Gasteiger charge is -2.09. The zero-order valence-corrected chi connectivity index (χ0v) is 15.7. The molecule has 0 aliphatic heterocycles. The molecule has 6 nitrogen and oxygen atoms in total. The van der Waals surface area contributed by atoms with Gasteiger partial charge >= 0.3 is 5.97 Å². The number of hydrogen-bond acceptors (Lipinski definition) is 5. The van der Waals surface area contributed by atoms with Crippen molar-refractivity contribution in [3.8, 4) is 11.5 Å². The van der Waals surface area contributed by atoms with Crippen molar-refractivity contribution in [2.45, 2.75) is 13.8 Å². The van der Waals surface area contributed by atoms with E-state index in [1.54, 1.807) is 56.5 Å². The fourth-order valence-electron chi connectivity index (χ4n) is 2.36. The number of rotatable bonds is 8. The Labute approximate surface area is 158 Å². The molecular weight excluding hydrogens is 346 g/mol. The van der Waals surface area contributed by atoms with Gasteiger partial charge in [-0.15, -0.1) is 0 Å². The molecule has 0 aliphatic rings. The smallest absolute Gasteiger partial charge is 0.338 e. The van der Waals surface area contributed by atoms with E-state index in [1.165, 1.54) is 6.08 Å². The second-order valence-electron chi connectivity index (χ2n) is 5.47. The largest absolute Gasteiger partial charge is 0.493 e. The van der Waals surface area contributed by atoms with Crippen LogP contribution in [0.25, 0.3) is 6.08 Å². The molecule has 2 aromatic carbocycles. The van der Waals surface area contributed by atoms with Crippen LogP contribution >= 0.6 is 0 Å². The highest BCUT2D eigenvalue weighted by atomic mass is 16.5. The lowest BCUT2D eigenvalue weighted by Crippen LogP contribution is -2.09. The number of amides is 1. The molecule has 0 fully saturated rings. The fourth-order valence-corrected chi connectivity index (χ4v) is 2.36. The molecule has 2 rings (SSSR count). The summed E-state index contributed by atoms with van der Waals surface area (Å²) in [6.45, 7) is 4.47. The van der Waals surface area contributed by atoms with Crippen molar-refractivity contribution in [1.82, 2.24) is 0 Å². The van der Waals surface area contributed by atoms with Crippen LogP contribution in [-0.2, 0) is 9.53 Å². The van der Waals surface area contributed by atoms with Crippen LogP contribution in [0.1, 0.15) is 29.8 Å². The SMILES string of the molecule is CCOC(=O)c1cccc(NC(=O)C=Cc2ccc(OCC)c(OC)c2)c1. The molecule has 0 heterocycles. The van der Waals surface area contributed by atoms with E-state index in [0.717, 1.165) is 5.56 Å². The number of benzene rings is 2. The minimum atomic E-state index is -0.425. The lowest BCUT2D eigenvalue weighted by atomic mass is 10.1. The second-order valence-corrected chi connectivity index (χ2v) is 5.47. The maximum Gasteiger partial charge on any atom is 0.338 e. The van der Waals surface area contributed by atoms with E-state index in [0.29, 0.717) is 36.0 Å². The van der Waals surface area contributed by atoms with E-state index in [1.807, 2.05) is 13.0 Å². The third kappa shape index (κ3) is 5.88. The van der Waals surface area contributed by atoms with Gasteiger partial charge in [0, 0.05) is 11.8 Å². The van der Waals surface area contributed by atoms with Crippen LogP contribution in [-0.4, -0.2) is 32.2 Å². The highest BCUT2D eigenvalue weighted by Gasteiger charge is 2.08. The van der Waals surface area contributed by atoms with Gasteiger partial charge in [-0.2, -0.15) is 0 Å². The van der Waals surface area contributed by atoms with E-state index in [4.69, 9.17) is 14.2 Å². The quantitative estimate of drug-likeness (QED) is 0.564. The van der Waals surface area contributed by atoms with Gasteiger partial charge in [-0.1, -0.05) is 12.1 Å². The number of carbonyl (C=O) groups excluding carboxylic acids is 2. The molecule has 0 unspecified atom stereocenters. The van der Waals surface area contributed by atoms with Crippen molar-refractivity contribution in [1.29, 1.82) is 0 Å². The van der Waals surface area contributed by atoms with Crippen molar-refractivity contribution < 1.29 is 23.8 Å². The third-order valence-corrected chi connectivity index (χ3v) is 3.56. The second kappa shape index (κ2) is 10.0. The van der Waals surface area contributed by atoms with E-state index < -0.39 is 5.97 Å². The van der Waals surface area contributed by atoms with E-state index in [9.17, 15) is 9.59 Å². The summed E-state index contributed by atoms with van der Waals surface area (Å²) in [4.78, 5) is 23.9. The van der Waals surface area contributed by atoms with Crippen LogP contribution in [0.4, 0.5) is 5.69 Å². The first-order valence-corrected chi connectivity index (χ1v) is 8.64. The monoisotopic (exact) mass is 369 g/mol. The number of hydrogen-bond donors (Lipinski definition) is 1. The standard InChI is InChI=1S/C21H23NO5/c1-4-26-18-11-9-15(13-19(18)25-3)10-12-20(23)22-17-8-6-7-16(14-17)21(24)27-5-2/h6-14H,4-5H2,1-3H3,(H,22,23). The Kier molecular flexibility index (Phi) is 7.43. The molecule has 0 saturated heterocycles. The summed E-state index contributed by atoms with van der Waals surface area (Å²) in [5, 5.41) is 2.72. The Morgan fingerprint density at radius 1 is 1.04 bits per heavy atom. The predicted molar refractivity (Wildman–Crippen MR) is 104 cm³/mol. The van der Waals surface area contributed by atoms with Gasteiger partial charge in [-0.05, 0) is 55.8 Å². The molecule has 1 N–H and O–H groups in total. The van der Waals surface area contributed by atoms with Crippen molar-refractivity contribution in [2.24, 2.45) is 0 Å². The van der Waals surface area contributed by atoms with Crippen molar-refractivity contribution in [2.75, 3.05) is 25.6 Å². The van der Waals surface area contributed by atoms with Crippen LogP contribution in [0.15, 0.2) is 48.5 Å². The van der Waals surface area contributed by atoms with Crippen LogP contribution in [0, 0.1) is 0 Å². The topological polar surface area (TPSA) is 73.9 Å². The van der Waals surface area contributed by atoms with Crippen molar-refractivity contribution in [3.05, 3.63) is 59.7 Å². The van der Waals surface area contributed by atoms with Gasteiger partial charge in [0.15, 0.2) is 11.5 Å². The van der Waals surface area contributed by atoms with Gasteiger partial charge in [-0.3, -0.25) is 4.79 Å². The fraction of sp³-hybridized carbons (Fsp3) is 0.238. The molecule has 0 radical (unpaired) electrons. The maximum atomic E-state index is 12.1. The first kappa shape index (κ1) is 20.0. The van der Waals surface area contributed by atoms with Gasteiger partial charge in [-0.25, -0.2) is 4.79 Å². The molecule has 27 heavy (non-hydrogen) atoms. The number of nitrogens with one attached hydrogen (secondary N) is 1. The summed E-state index contributed by atoms with van der Waals surface area (Å²) >= 11 is 0. The van der Waals surface area contributed by atoms with Gasteiger partial charge < -0.3 is 19.5 Å². The number of anilines is 1. The normalized spacial score (nSPS) is 10.5. The van der Waals surface area contributed by atoms with E-state index in [-0.39, 0.29) is 5.91 Å². The maximum absolute atomic E-state index is 12.1. The first-order chi connectivity index (χ1) is 13.1. The molecular formula is C21H23NO5. The minimum Gasteiger partial charge on any atom is -0.493 e. The Balaban J connectivity index is 2.05. The highest BCUT2D eigenvalue weighted by Crippen LogP contribution is 2.28. The molecule has 1 amide bonds. The summed E-state index contributed by atoms with van der Waals surface area (Å²) < 4.78 is 15.7. The molecule has 0 aromatic heterocycles. The van der Waals surface area contributed by atoms with E-state index in [2.05, 4.69) is 5.32 Å². The van der Waals surface area contributed by atoms with Crippen LogP contribution < -0.4 is 14.8 Å². The van der Waals surface area contributed by atoms with Crippen molar-refractivity contribution >= 4 is 23.6 Å². The van der Waals surface area contributed by atoms with Crippen molar-refractivity contribution in [3.63, 3.8) is 0 Å². The Morgan fingerprint density at radius 3 is 2.56 bits per heavy atom. The third-order valence-electron chi connectivity index (χ3n) is 3.56. The van der Waals surface area contributed by atoms with Gasteiger partial charge in [0.1, 0.15) is 0 Å². The minimum absolute atomic E-state index is 0.295. The summed E-state index contributed by atoms with van der Waals surface area (Å²) in [6, 6.07) is 12.0. The Morgan fingerprint density at radius 2 is 1.85 bits per heavy atom. The molecule has 0 aliphatic carbocycles. The van der Waals surface area contributed by atoms with Gasteiger partial charge in [0.05, 0.1) is 25.9 Å². The summed E-state index contributed by atoms with van der Waals surface area (Å²) in [6.07, 6.45) is 3.08. The summed E-state index contributed by atoms with van der Waals surface area (Å²) in [5.41, 5.74) is 1.69. The molecule has 2 aromatic rings. The Hall–Kier alpha value is -3.28. The zero-order valence-electron chi connectivity index (χ0n) is 15.7. The lowest BCUT2D eigenvalue weighted by molar-refractivity contribution is -0.111. The molecule has 0 saturated carbocycles. The van der Waals surface area contributed by atoms with E-state index >= 15 is 0 Å². The van der Waals surface area contributed by atoms with Gasteiger partial charge in [0.25, 0.3) is 0 Å². The number of carbonyl (C=O) groups is 2.